The van der Waals surface area contributed by atoms with Gasteiger partial charge in [-0.15, -0.1) is 0 Å². The van der Waals surface area contributed by atoms with Crippen molar-refractivity contribution in [2.75, 3.05) is 26.7 Å². The average molecular weight is 266 g/mol. The van der Waals surface area contributed by atoms with Gasteiger partial charge >= 0.3 is 0 Å². The molecule has 1 aliphatic rings. The van der Waals surface area contributed by atoms with Crippen LogP contribution in [0.5, 0.6) is 5.75 Å². The zero-order valence-corrected chi connectivity index (χ0v) is 11.7. The van der Waals surface area contributed by atoms with Gasteiger partial charge in [-0.1, -0.05) is 6.07 Å². The molecule has 3 nitrogen and oxygen atoms in total. The van der Waals surface area contributed by atoms with Crippen molar-refractivity contribution in [2.45, 2.75) is 25.8 Å². The van der Waals surface area contributed by atoms with Gasteiger partial charge in [0.2, 0.25) is 0 Å². The van der Waals surface area contributed by atoms with Crippen LogP contribution >= 0.6 is 0 Å². The molecule has 1 aromatic carbocycles. The summed E-state index contributed by atoms with van der Waals surface area (Å²) in [4.78, 5) is 2.19. The molecule has 4 heteroatoms. The highest BCUT2D eigenvalue weighted by Crippen LogP contribution is 2.26. The maximum atomic E-state index is 13.8. The second-order valence-corrected chi connectivity index (χ2v) is 5.53. The first-order chi connectivity index (χ1) is 9.08. The third-order valence-corrected chi connectivity index (χ3v) is 4.04. The van der Waals surface area contributed by atoms with E-state index in [1.807, 2.05) is 14.0 Å². The van der Waals surface area contributed by atoms with E-state index in [9.17, 15) is 9.50 Å². The lowest BCUT2D eigenvalue weighted by atomic mass is 9.97. The van der Waals surface area contributed by atoms with E-state index in [0.717, 1.165) is 19.6 Å². The zero-order chi connectivity index (χ0) is 13.8. The van der Waals surface area contributed by atoms with E-state index in [1.54, 1.807) is 12.1 Å². The Morgan fingerprint density at radius 2 is 2.32 bits per heavy atom. The molecular formula is C15H23FN2O. The summed E-state index contributed by atoms with van der Waals surface area (Å²) in [6.07, 6.45) is 2.46. The topological polar surface area (TPSA) is 35.5 Å². The molecule has 0 saturated carbocycles. The first kappa shape index (κ1) is 14.3. The second-order valence-electron chi connectivity index (χ2n) is 5.53. The van der Waals surface area contributed by atoms with Crippen LogP contribution in [0.4, 0.5) is 4.39 Å². The Morgan fingerprint density at radius 1 is 1.53 bits per heavy atom. The lowest BCUT2D eigenvalue weighted by Gasteiger charge is -2.31. The number of halogens is 1. The average Bonchev–Trinajstić information content (AvgIpc) is 2.39. The molecule has 2 atom stereocenters. The minimum Gasteiger partial charge on any atom is -0.508 e. The Kier molecular flexibility index (Phi) is 4.77. The molecule has 2 unspecified atom stereocenters. The maximum absolute atomic E-state index is 13.8. The van der Waals surface area contributed by atoms with E-state index in [-0.39, 0.29) is 17.6 Å². The Morgan fingerprint density at radius 3 is 2.95 bits per heavy atom. The Balaban J connectivity index is 1.99. The Hall–Kier alpha value is -1.13. The molecule has 0 amide bonds. The molecule has 0 spiro atoms. The van der Waals surface area contributed by atoms with Crippen molar-refractivity contribution in [1.29, 1.82) is 0 Å². The maximum Gasteiger partial charge on any atom is 0.131 e. The summed E-state index contributed by atoms with van der Waals surface area (Å²) in [6.45, 7) is 5.14. The van der Waals surface area contributed by atoms with E-state index in [2.05, 4.69) is 10.2 Å². The van der Waals surface area contributed by atoms with E-state index < -0.39 is 0 Å². The summed E-state index contributed by atoms with van der Waals surface area (Å²) in [6, 6.07) is 4.42. The smallest absolute Gasteiger partial charge is 0.131 e. The fraction of sp³-hybridized carbons (Fsp3) is 0.600. The molecule has 106 valence electrons. The SMILES string of the molecule is CC(c1ccc(O)cc1F)N(C)CC1CCCNC1. The highest BCUT2D eigenvalue weighted by atomic mass is 19.1. The molecule has 1 aromatic rings. The van der Waals surface area contributed by atoms with Gasteiger partial charge in [-0.3, -0.25) is 4.90 Å². The molecule has 1 fully saturated rings. The number of piperidine rings is 1. The van der Waals surface area contributed by atoms with Crippen LogP contribution < -0.4 is 5.32 Å². The molecular weight excluding hydrogens is 243 g/mol. The van der Waals surface area contributed by atoms with E-state index in [0.29, 0.717) is 11.5 Å². The molecule has 0 bridgehead atoms. The standard InChI is InChI=1S/C15H23FN2O/c1-11(14-6-5-13(19)8-15(14)16)18(2)10-12-4-3-7-17-9-12/h5-6,8,11-12,17,19H,3-4,7,9-10H2,1-2H3. The van der Waals surface area contributed by atoms with Gasteiger partial charge in [-0.05, 0) is 51.9 Å². The number of nitrogens with one attached hydrogen (secondary N) is 1. The minimum absolute atomic E-state index is 0.0162. The van der Waals surface area contributed by atoms with Gasteiger partial charge in [0.05, 0.1) is 0 Å². The van der Waals surface area contributed by atoms with Crippen LogP contribution in [0, 0.1) is 11.7 Å². The fourth-order valence-corrected chi connectivity index (χ4v) is 2.74. The van der Waals surface area contributed by atoms with E-state index in [4.69, 9.17) is 0 Å². The molecule has 2 rings (SSSR count). The molecule has 1 heterocycles. The van der Waals surface area contributed by atoms with Crippen molar-refractivity contribution < 1.29 is 9.50 Å². The monoisotopic (exact) mass is 266 g/mol. The predicted octanol–water partition coefficient (Wildman–Crippen LogP) is 2.52. The summed E-state index contributed by atoms with van der Waals surface area (Å²) in [5, 5.41) is 12.7. The summed E-state index contributed by atoms with van der Waals surface area (Å²) < 4.78 is 13.8. The number of nitrogens with zero attached hydrogens (tertiary/aromatic N) is 1. The summed E-state index contributed by atoms with van der Waals surface area (Å²) in [5.41, 5.74) is 0.643. The Labute approximate surface area is 114 Å². The number of hydrogen-bond donors (Lipinski definition) is 2. The van der Waals surface area contributed by atoms with Crippen LogP contribution in [0.3, 0.4) is 0 Å². The Bertz CT molecular complexity index is 419. The zero-order valence-electron chi connectivity index (χ0n) is 11.7. The summed E-state index contributed by atoms with van der Waals surface area (Å²) in [5.74, 6) is 0.287. The highest BCUT2D eigenvalue weighted by molar-refractivity contribution is 5.29. The molecule has 19 heavy (non-hydrogen) atoms. The van der Waals surface area contributed by atoms with Gasteiger partial charge in [-0.2, -0.15) is 0 Å². The first-order valence-corrected chi connectivity index (χ1v) is 6.97. The van der Waals surface area contributed by atoms with Crippen molar-refractivity contribution in [3.05, 3.63) is 29.6 Å². The number of phenolic OH excluding ortho intramolecular Hbond substituents is 1. The highest BCUT2D eigenvalue weighted by Gasteiger charge is 2.20. The molecule has 0 aliphatic carbocycles. The van der Waals surface area contributed by atoms with Gasteiger partial charge in [0.15, 0.2) is 0 Å². The van der Waals surface area contributed by atoms with Crippen LogP contribution in [0.25, 0.3) is 0 Å². The lowest BCUT2D eigenvalue weighted by Crippen LogP contribution is -2.37. The van der Waals surface area contributed by atoms with Crippen molar-refractivity contribution in [1.82, 2.24) is 10.2 Å². The number of rotatable bonds is 4. The fourth-order valence-electron chi connectivity index (χ4n) is 2.74. The predicted molar refractivity (Wildman–Crippen MR) is 74.7 cm³/mol. The second kappa shape index (κ2) is 6.35. The van der Waals surface area contributed by atoms with Gasteiger partial charge in [-0.25, -0.2) is 4.39 Å². The van der Waals surface area contributed by atoms with Crippen LogP contribution in [0.1, 0.15) is 31.4 Å². The molecule has 1 saturated heterocycles. The molecule has 2 N–H and O–H groups in total. The van der Waals surface area contributed by atoms with E-state index in [1.165, 1.54) is 18.9 Å². The van der Waals surface area contributed by atoms with Crippen LogP contribution in [-0.4, -0.2) is 36.7 Å². The summed E-state index contributed by atoms with van der Waals surface area (Å²) >= 11 is 0. The minimum atomic E-state index is -0.332. The third kappa shape index (κ3) is 3.67. The van der Waals surface area contributed by atoms with Crippen LogP contribution in [0.15, 0.2) is 18.2 Å². The third-order valence-electron chi connectivity index (χ3n) is 4.04. The number of hydrogen-bond acceptors (Lipinski definition) is 3. The lowest BCUT2D eigenvalue weighted by molar-refractivity contribution is 0.196. The number of aromatic hydroxyl groups is 1. The summed E-state index contributed by atoms with van der Waals surface area (Å²) in [7, 11) is 2.03. The normalized spacial score (nSPS) is 21.6. The first-order valence-electron chi connectivity index (χ1n) is 6.97. The molecule has 1 aliphatic heterocycles. The van der Waals surface area contributed by atoms with Gasteiger partial charge in [0, 0.05) is 24.2 Å². The number of phenols is 1. The van der Waals surface area contributed by atoms with Crippen molar-refractivity contribution in [2.24, 2.45) is 5.92 Å². The number of benzene rings is 1. The molecule has 0 aromatic heterocycles. The van der Waals surface area contributed by atoms with Crippen molar-refractivity contribution in [3.8, 4) is 5.75 Å². The quantitative estimate of drug-likeness (QED) is 0.879. The molecule has 0 radical (unpaired) electrons. The van der Waals surface area contributed by atoms with Crippen molar-refractivity contribution >= 4 is 0 Å². The van der Waals surface area contributed by atoms with Gasteiger partial charge < -0.3 is 10.4 Å². The largest absolute Gasteiger partial charge is 0.508 e. The van der Waals surface area contributed by atoms with Crippen LogP contribution in [-0.2, 0) is 0 Å². The van der Waals surface area contributed by atoms with Crippen LogP contribution in [0.2, 0.25) is 0 Å². The van der Waals surface area contributed by atoms with Gasteiger partial charge in [0.25, 0.3) is 0 Å². The van der Waals surface area contributed by atoms with Crippen molar-refractivity contribution in [3.63, 3.8) is 0 Å². The van der Waals surface area contributed by atoms with Gasteiger partial charge in [0.1, 0.15) is 11.6 Å². The van der Waals surface area contributed by atoms with E-state index >= 15 is 0 Å².